The Morgan fingerprint density at radius 3 is 2.58 bits per heavy atom. The molecule has 1 amide bonds. The second-order valence-electron chi connectivity index (χ2n) is 6.42. The van der Waals surface area contributed by atoms with E-state index in [9.17, 15) is 32.3 Å². The Morgan fingerprint density at radius 1 is 1.26 bits per heavy atom. The highest BCUT2D eigenvalue weighted by Crippen LogP contribution is 2.31. The van der Waals surface area contributed by atoms with Crippen molar-refractivity contribution in [1.29, 1.82) is 0 Å². The molecule has 0 radical (unpaired) electrons. The first-order valence-electron chi connectivity index (χ1n) is 9.00. The van der Waals surface area contributed by atoms with Crippen LogP contribution >= 0.6 is 11.3 Å². The van der Waals surface area contributed by atoms with Gasteiger partial charge >= 0.3 is 12.1 Å². The van der Waals surface area contributed by atoms with Crippen LogP contribution < -0.4 is 9.54 Å². The zero-order valence-electron chi connectivity index (χ0n) is 16.2. The highest BCUT2D eigenvalue weighted by Gasteiger charge is 2.31. The molecule has 0 bridgehead atoms. The van der Waals surface area contributed by atoms with Crippen molar-refractivity contribution in [3.05, 3.63) is 58.1 Å². The van der Waals surface area contributed by atoms with Crippen molar-refractivity contribution in [3.8, 4) is 5.75 Å². The maximum Gasteiger partial charge on any atom is 0.416 e. The Balaban J connectivity index is 2.21. The Kier molecular flexibility index (Phi) is 6.16. The fraction of sp³-hybridized carbons (Fsp3) is 0.250. The Labute approximate surface area is 177 Å². The zero-order chi connectivity index (χ0) is 22.9. The van der Waals surface area contributed by atoms with Crippen LogP contribution in [0.2, 0.25) is 0 Å². The summed E-state index contributed by atoms with van der Waals surface area (Å²) in [5.74, 6) is -3.08. The monoisotopic (exact) mass is 456 g/mol. The third-order valence-electron chi connectivity index (χ3n) is 4.38. The Bertz CT molecular complexity index is 1230. The van der Waals surface area contributed by atoms with E-state index in [1.54, 1.807) is 6.92 Å². The van der Waals surface area contributed by atoms with Gasteiger partial charge in [-0.2, -0.15) is 18.2 Å². The number of nitrogens with zero attached hydrogens (tertiary/aromatic N) is 2. The van der Waals surface area contributed by atoms with Gasteiger partial charge in [-0.3, -0.25) is 4.79 Å². The number of ether oxygens (including phenoxy) is 1. The number of halogens is 4. The third kappa shape index (κ3) is 4.46. The lowest BCUT2D eigenvalue weighted by molar-refractivity contribution is -0.140. The molecule has 0 saturated heterocycles. The Hall–Kier alpha value is -3.21. The van der Waals surface area contributed by atoms with Crippen molar-refractivity contribution in [2.24, 2.45) is 4.99 Å². The molecule has 6 nitrogen and oxygen atoms in total. The van der Waals surface area contributed by atoms with E-state index in [-0.39, 0.29) is 32.9 Å². The summed E-state index contributed by atoms with van der Waals surface area (Å²) in [7, 11) is 0. The number of fused-ring (bicyclic) bond motifs is 1. The molecule has 164 valence electrons. The first-order valence-corrected chi connectivity index (χ1v) is 9.81. The number of carboxylic acid groups (broad SMARTS) is 1. The normalized spacial score (nSPS) is 13.4. The molecule has 0 aliphatic heterocycles. The van der Waals surface area contributed by atoms with Crippen LogP contribution in [-0.4, -0.2) is 28.2 Å². The number of hydrogen-bond donors (Lipinski definition) is 1. The number of aliphatic carboxylic acids is 1. The molecule has 1 N–H and O–H groups in total. The molecule has 0 aliphatic carbocycles. The van der Waals surface area contributed by atoms with Crippen LogP contribution in [0.15, 0.2) is 41.4 Å². The van der Waals surface area contributed by atoms with Gasteiger partial charge < -0.3 is 14.4 Å². The molecule has 3 rings (SSSR count). The Morgan fingerprint density at radius 2 is 1.97 bits per heavy atom. The molecular formula is C20H16F4N2O4S. The molecule has 1 atom stereocenters. The van der Waals surface area contributed by atoms with Crippen molar-refractivity contribution < 1.29 is 37.0 Å². The van der Waals surface area contributed by atoms with Gasteiger partial charge in [-0.15, -0.1) is 0 Å². The number of hydrogen-bond acceptors (Lipinski definition) is 4. The lowest BCUT2D eigenvalue weighted by atomic mass is 10.1. The van der Waals surface area contributed by atoms with E-state index >= 15 is 0 Å². The summed E-state index contributed by atoms with van der Waals surface area (Å²) >= 11 is 0.704. The van der Waals surface area contributed by atoms with E-state index < -0.39 is 35.5 Å². The molecule has 0 aliphatic rings. The van der Waals surface area contributed by atoms with E-state index in [2.05, 4.69) is 4.99 Å². The molecule has 1 heterocycles. The molecule has 0 spiro atoms. The summed E-state index contributed by atoms with van der Waals surface area (Å²) in [6.45, 7) is 3.18. The average molecular weight is 456 g/mol. The predicted octanol–water partition coefficient (Wildman–Crippen LogP) is 4.65. The maximum absolute atomic E-state index is 14.8. The van der Waals surface area contributed by atoms with Crippen molar-refractivity contribution in [2.75, 3.05) is 6.61 Å². The van der Waals surface area contributed by atoms with Crippen LogP contribution in [0.4, 0.5) is 17.6 Å². The van der Waals surface area contributed by atoms with Crippen LogP contribution in [0.5, 0.6) is 5.75 Å². The van der Waals surface area contributed by atoms with Gasteiger partial charge in [0.1, 0.15) is 6.04 Å². The second-order valence-corrected chi connectivity index (χ2v) is 7.40. The van der Waals surface area contributed by atoms with E-state index in [4.69, 9.17) is 4.74 Å². The number of carbonyl (C=O) groups is 2. The number of alkyl halides is 3. The van der Waals surface area contributed by atoms with Gasteiger partial charge in [0, 0.05) is 5.56 Å². The number of thiazole rings is 1. The van der Waals surface area contributed by atoms with Gasteiger partial charge in [-0.25, -0.2) is 9.18 Å². The van der Waals surface area contributed by atoms with E-state index in [0.29, 0.717) is 17.4 Å². The minimum atomic E-state index is -4.65. The third-order valence-corrected chi connectivity index (χ3v) is 5.44. The molecule has 3 aromatic rings. The number of aromatic nitrogens is 1. The van der Waals surface area contributed by atoms with Gasteiger partial charge in [0.25, 0.3) is 5.91 Å². The summed E-state index contributed by atoms with van der Waals surface area (Å²) in [6.07, 6.45) is -4.65. The topological polar surface area (TPSA) is 80.9 Å². The van der Waals surface area contributed by atoms with Gasteiger partial charge in [0.15, 0.2) is 16.4 Å². The summed E-state index contributed by atoms with van der Waals surface area (Å²) in [5, 5.41) is 9.44. The van der Waals surface area contributed by atoms with Gasteiger partial charge in [-0.05, 0) is 44.2 Å². The summed E-state index contributed by atoms with van der Waals surface area (Å²) in [5.41, 5.74) is -1.20. The molecule has 31 heavy (non-hydrogen) atoms. The molecule has 11 heteroatoms. The lowest BCUT2D eigenvalue weighted by Gasteiger charge is -2.11. The van der Waals surface area contributed by atoms with Crippen molar-refractivity contribution in [2.45, 2.75) is 26.1 Å². The SMILES string of the molecule is CCOc1ccc2c(sc(=NC(=O)c3cccc(C(F)(F)F)c3)n2C(C)C(=O)O)c1F. The molecule has 2 aromatic carbocycles. The molecule has 1 unspecified atom stereocenters. The van der Waals surface area contributed by atoms with Crippen LogP contribution in [-0.2, 0) is 11.0 Å². The minimum Gasteiger partial charge on any atom is -0.491 e. The lowest BCUT2D eigenvalue weighted by Crippen LogP contribution is -2.25. The minimum absolute atomic E-state index is 0.00893. The number of carboxylic acids is 1. The fourth-order valence-electron chi connectivity index (χ4n) is 2.87. The molecule has 0 fully saturated rings. The van der Waals surface area contributed by atoms with Gasteiger partial charge in [-0.1, -0.05) is 17.4 Å². The van der Waals surface area contributed by atoms with Crippen molar-refractivity contribution >= 4 is 33.4 Å². The maximum atomic E-state index is 14.8. The predicted molar refractivity (Wildman–Crippen MR) is 105 cm³/mol. The molecule has 0 saturated carbocycles. The van der Waals surface area contributed by atoms with Crippen LogP contribution in [0.25, 0.3) is 10.2 Å². The van der Waals surface area contributed by atoms with Crippen LogP contribution in [0.3, 0.4) is 0 Å². The van der Waals surface area contributed by atoms with Crippen molar-refractivity contribution in [1.82, 2.24) is 4.57 Å². The fourth-order valence-corrected chi connectivity index (χ4v) is 3.99. The number of rotatable bonds is 5. The quantitative estimate of drug-likeness (QED) is 0.567. The van der Waals surface area contributed by atoms with E-state index in [0.717, 1.165) is 22.8 Å². The second kappa shape index (κ2) is 8.50. The summed E-state index contributed by atoms with van der Waals surface area (Å²) in [6, 6.07) is 5.24. The van der Waals surface area contributed by atoms with Gasteiger partial charge in [0.05, 0.1) is 22.4 Å². The average Bonchev–Trinajstić information content (AvgIpc) is 3.07. The highest BCUT2D eigenvalue weighted by atomic mass is 32.1. The number of benzene rings is 2. The zero-order valence-corrected chi connectivity index (χ0v) is 17.1. The first-order chi connectivity index (χ1) is 14.5. The van der Waals surface area contributed by atoms with E-state index in [1.807, 2.05) is 0 Å². The van der Waals surface area contributed by atoms with Gasteiger partial charge in [0.2, 0.25) is 0 Å². The summed E-state index contributed by atoms with van der Waals surface area (Å²) in [4.78, 5) is 27.8. The highest BCUT2D eigenvalue weighted by molar-refractivity contribution is 7.16. The van der Waals surface area contributed by atoms with Crippen LogP contribution in [0, 0.1) is 5.82 Å². The molecular weight excluding hydrogens is 440 g/mol. The molecule has 1 aromatic heterocycles. The van der Waals surface area contributed by atoms with Crippen LogP contribution in [0.1, 0.15) is 35.8 Å². The summed E-state index contributed by atoms with van der Waals surface area (Å²) < 4.78 is 60.0. The largest absolute Gasteiger partial charge is 0.491 e. The number of amides is 1. The first kappa shape index (κ1) is 22.5. The van der Waals surface area contributed by atoms with E-state index in [1.165, 1.54) is 19.1 Å². The number of carbonyl (C=O) groups excluding carboxylic acids is 1. The van der Waals surface area contributed by atoms with Crippen molar-refractivity contribution in [3.63, 3.8) is 0 Å². The smallest absolute Gasteiger partial charge is 0.416 e. The standard InChI is InChI=1S/C20H16F4N2O4S/c1-3-30-14-8-7-13-16(15(14)21)31-19(26(13)10(2)18(28)29)25-17(27)11-5-4-6-12(9-11)20(22,23)24/h4-10H,3H2,1-2H3,(H,28,29).